The molecule has 0 aliphatic carbocycles. The first-order chi connectivity index (χ1) is 9.58. The number of alkyl halides is 1. The van der Waals surface area contributed by atoms with E-state index in [4.69, 9.17) is 21.1 Å². The standard InChI is InChI=1S/C14H16ClNO4/c1-2-19-14(18)7-10(15)5-9-3-4-12-11(6-9)16-13(17)8-20-12/h3-4,6,10H,2,5,7-8H2,1H3,(H,16,17). The number of hydrogen-bond acceptors (Lipinski definition) is 4. The number of esters is 1. The maximum absolute atomic E-state index is 11.3. The van der Waals surface area contributed by atoms with Gasteiger partial charge in [0, 0.05) is 5.38 Å². The van der Waals surface area contributed by atoms with Crippen molar-refractivity contribution in [3.8, 4) is 5.75 Å². The summed E-state index contributed by atoms with van der Waals surface area (Å²) in [4.78, 5) is 22.6. The lowest BCUT2D eigenvalue weighted by Crippen LogP contribution is -2.25. The molecule has 1 aliphatic heterocycles. The van der Waals surface area contributed by atoms with Crippen molar-refractivity contribution in [3.63, 3.8) is 0 Å². The van der Waals surface area contributed by atoms with E-state index in [1.165, 1.54) is 0 Å². The van der Waals surface area contributed by atoms with Crippen LogP contribution in [0.5, 0.6) is 5.75 Å². The van der Waals surface area contributed by atoms with Crippen molar-refractivity contribution in [2.24, 2.45) is 0 Å². The second kappa shape index (κ2) is 6.61. The van der Waals surface area contributed by atoms with E-state index >= 15 is 0 Å². The van der Waals surface area contributed by atoms with Crippen molar-refractivity contribution in [1.29, 1.82) is 0 Å². The van der Waals surface area contributed by atoms with Crippen molar-refractivity contribution in [3.05, 3.63) is 23.8 Å². The second-order valence-electron chi connectivity index (χ2n) is 4.48. The molecule has 20 heavy (non-hydrogen) atoms. The Morgan fingerprint density at radius 1 is 1.55 bits per heavy atom. The molecular weight excluding hydrogens is 282 g/mol. The van der Waals surface area contributed by atoms with Crippen LogP contribution < -0.4 is 10.1 Å². The van der Waals surface area contributed by atoms with Gasteiger partial charge in [0.2, 0.25) is 0 Å². The van der Waals surface area contributed by atoms with Gasteiger partial charge >= 0.3 is 5.97 Å². The van der Waals surface area contributed by atoms with Gasteiger partial charge in [-0.25, -0.2) is 0 Å². The first-order valence-electron chi connectivity index (χ1n) is 6.43. The molecule has 0 radical (unpaired) electrons. The van der Waals surface area contributed by atoms with E-state index in [1.807, 2.05) is 12.1 Å². The molecule has 0 saturated carbocycles. The van der Waals surface area contributed by atoms with E-state index in [0.717, 1.165) is 5.56 Å². The van der Waals surface area contributed by atoms with E-state index in [2.05, 4.69) is 5.32 Å². The lowest BCUT2D eigenvalue weighted by Gasteiger charge is -2.19. The van der Waals surface area contributed by atoms with Gasteiger partial charge in [-0.05, 0) is 31.0 Å². The van der Waals surface area contributed by atoms with Gasteiger partial charge in [-0.3, -0.25) is 9.59 Å². The summed E-state index contributed by atoms with van der Waals surface area (Å²) in [5.41, 5.74) is 1.57. The third-order valence-electron chi connectivity index (χ3n) is 2.83. The third-order valence-corrected chi connectivity index (χ3v) is 3.14. The zero-order chi connectivity index (χ0) is 14.5. The van der Waals surface area contributed by atoms with E-state index in [1.54, 1.807) is 13.0 Å². The van der Waals surface area contributed by atoms with E-state index in [-0.39, 0.29) is 30.3 Å². The van der Waals surface area contributed by atoms with Crippen molar-refractivity contribution in [2.45, 2.75) is 25.1 Å². The molecule has 1 unspecified atom stereocenters. The topological polar surface area (TPSA) is 64.6 Å². The van der Waals surface area contributed by atoms with Gasteiger partial charge in [0.15, 0.2) is 6.61 Å². The van der Waals surface area contributed by atoms with Crippen LogP contribution in [0.25, 0.3) is 0 Å². The Morgan fingerprint density at radius 3 is 3.10 bits per heavy atom. The molecule has 1 aliphatic rings. The highest BCUT2D eigenvalue weighted by molar-refractivity contribution is 6.21. The molecule has 1 N–H and O–H groups in total. The minimum absolute atomic E-state index is 0.0351. The highest BCUT2D eigenvalue weighted by Gasteiger charge is 2.18. The lowest BCUT2D eigenvalue weighted by atomic mass is 10.1. The van der Waals surface area contributed by atoms with E-state index < -0.39 is 0 Å². The minimum atomic E-state index is -0.340. The number of halogens is 1. The first kappa shape index (κ1) is 14.7. The number of nitrogens with one attached hydrogen (secondary N) is 1. The van der Waals surface area contributed by atoms with Crippen molar-refractivity contribution in [1.82, 2.24) is 0 Å². The first-order valence-corrected chi connectivity index (χ1v) is 6.87. The summed E-state index contributed by atoms with van der Waals surface area (Å²) in [6.07, 6.45) is 0.679. The van der Waals surface area contributed by atoms with Crippen molar-refractivity contribution >= 4 is 29.2 Å². The summed E-state index contributed by atoms with van der Waals surface area (Å²) in [6, 6.07) is 5.47. The zero-order valence-corrected chi connectivity index (χ0v) is 11.9. The summed E-state index contributed by atoms with van der Waals surface area (Å²) < 4.78 is 10.1. The highest BCUT2D eigenvalue weighted by Crippen LogP contribution is 2.29. The summed E-state index contributed by atoms with van der Waals surface area (Å²) in [5.74, 6) is 0.163. The number of anilines is 1. The number of fused-ring (bicyclic) bond motifs is 1. The van der Waals surface area contributed by atoms with Crippen LogP contribution in [0.1, 0.15) is 18.9 Å². The Morgan fingerprint density at radius 2 is 2.35 bits per heavy atom. The van der Waals surface area contributed by atoms with E-state index in [0.29, 0.717) is 24.5 Å². The fraction of sp³-hybridized carbons (Fsp3) is 0.429. The molecule has 0 aromatic heterocycles. The van der Waals surface area contributed by atoms with Crippen LogP contribution in [0.3, 0.4) is 0 Å². The van der Waals surface area contributed by atoms with Gasteiger partial charge in [0.1, 0.15) is 5.75 Å². The summed E-state index contributed by atoms with van der Waals surface area (Å²) in [7, 11) is 0. The molecule has 1 atom stereocenters. The van der Waals surface area contributed by atoms with Gasteiger partial charge in [-0.2, -0.15) is 0 Å². The maximum atomic E-state index is 11.3. The van der Waals surface area contributed by atoms with Gasteiger partial charge in [-0.1, -0.05) is 6.07 Å². The van der Waals surface area contributed by atoms with Gasteiger partial charge in [0.05, 0.1) is 18.7 Å². The molecule has 0 bridgehead atoms. The molecular formula is C14H16ClNO4. The van der Waals surface area contributed by atoms with Crippen molar-refractivity contribution in [2.75, 3.05) is 18.5 Å². The molecule has 1 aromatic carbocycles. The molecule has 0 spiro atoms. The highest BCUT2D eigenvalue weighted by atomic mass is 35.5. The van der Waals surface area contributed by atoms with Gasteiger partial charge in [-0.15, -0.1) is 11.6 Å². The quantitative estimate of drug-likeness (QED) is 0.668. The number of rotatable bonds is 5. The monoisotopic (exact) mass is 297 g/mol. The summed E-state index contributed by atoms with van der Waals surface area (Å²) in [5, 5.41) is 2.40. The van der Waals surface area contributed by atoms with Crippen molar-refractivity contribution < 1.29 is 19.1 Å². The van der Waals surface area contributed by atoms with Crippen LogP contribution in [0, 0.1) is 0 Å². The molecule has 0 saturated heterocycles. The summed E-state index contributed by atoms with van der Waals surface area (Å²) >= 11 is 6.14. The average molecular weight is 298 g/mol. The molecule has 1 aromatic rings. The Balaban J connectivity index is 1.98. The lowest BCUT2D eigenvalue weighted by molar-refractivity contribution is -0.143. The SMILES string of the molecule is CCOC(=O)CC(Cl)Cc1ccc2c(c1)NC(=O)CO2. The fourth-order valence-corrected chi connectivity index (χ4v) is 2.29. The van der Waals surface area contributed by atoms with Crippen LogP contribution in [0.4, 0.5) is 5.69 Å². The number of benzene rings is 1. The van der Waals surface area contributed by atoms with Crippen LogP contribution in [-0.2, 0) is 20.7 Å². The smallest absolute Gasteiger partial charge is 0.307 e. The third kappa shape index (κ3) is 3.87. The number of ether oxygens (including phenoxy) is 2. The number of hydrogen-bond donors (Lipinski definition) is 1. The number of carbonyl (C=O) groups excluding carboxylic acids is 2. The Bertz CT molecular complexity index is 518. The molecule has 108 valence electrons. The normalized spacial score (nSPS) is 14.8. The second-order valence-corrected chi connectivity index (χ2v) is 5.10. The fourth-order valence-electron chi connectivity index (χ4n) is 1.99. The largest absolute Gasteiger partial charge is 0.482 e. The Hall–Kier alpha value is -1.75. The molecule has 6 heteroatoms. The molecule has 1 amide bonds. The number of amides is 1. The van der Waals surface area contributed by atoms with Gasteiger partial charge in [0.25, 0.3) is 5.91 Å². The van der Waals surface area contributed by atoms with Crippen LogP contribution in [-0.4, -0.2) is 30.5 Å². The predicted octanol–water partition coefficient (Wildman–Crippen LogP) is 2.12. The zero-order valence-electron chi connectivity index (χ0n) is 11.1. The Labute approximate surface area is 122 Å². The molecule has 1 heterocycles. The Kier molecular flexibility index (Phi) is 4.84. The predicted molar refractivity (Wildman–Crippen MR) is 75.2 cm³/mol. The molecule has 2 rings (SSSR count). The average Bonchev–Trinajstić information content (AvgIpc) is 2.38. The van der Waals surface area contributed by atoms with Crippen LogP contribution in [0.15, 0.2) is 18.2 Å². The minimum Gasteiger partial charge on any atom is -0.482 e. The van der Waals surface area contributed by atoms with Gasteiger partial charge < -0.3 is 14.8 Å². The molecule has 0 fully saturated rings. The van der Waals surface area contributed by atoms with Crippen LogP contribution >= 0.6 is 11.6 Å². The maximum Gasteiger partial charge on any atom is 0.307 e. The molecule has 5 nitrogen and oxygen atoms in total. The van der Waals surface area contributed by atoms with Crippen LogP contribution in [0.2, 0.25) is 0 Å². The van der Waals surface area contributed by atoms with E-state index in [9.17, 15) is 9.59 Å². The summed E-state index contributed by atoms with van der Waals surface area (Å²) in [6.45, 7) is 2.14. The number of carbonyl (C=O) groups is 2.